The van der Waals surface area contributed by atoms with Crippen molar-refractivity contribution in [3.05, 3.63) is 0 Å². The summed E-state index contributed by atoms with van der Waals surface area (Å²) in [6, 6.07) is 0. The molecule has 44 valence electrons. The molecule has 0 aliphatic rings. The van der Waals surface area contributed by atoms with Crippen LogP contribution < -0.4 is 0 Å². The standard InChI is InChI=1S/C2H7O4P/c1-2-6-7(3,4)5/h2H2,1H3,(H2,3,4,5)/i2D2. The number of rotatable bonds is 2. The van der Waals surface area contributed by atoms with E-state index in [1.807, 2.05) is 0 Å². The average Bonchev–Trinajstić information content (AvgIpc) is 1.14. The summed E-state index contributed by atoms with van der Waals surface area (Å²) < 4.78 is 26.6. The Morgan fingerprint density at radius 1 is 2.00 bits per heavy atom. The lowest BCUT2D eigenvalue weighted by Gasteiger charge is -1.98. The highest BCUT2D eigenvalue weighted by Gasteiger charge is 2.10. The molecule has 0 aliphatic carbocycles. The van der Waals surface area contributed by atoms with Crippen molar-refractivity contribution in [2.75, 3.05) is 6.56 Å². The summed E-state index contributed by atoms with van der Waals surface area (Å²) in [5.41, 5.74) is 0. The third-order valence-corrected chi connectivity index (χ3v) is 0.631. The Kier molecular flexibility index (Phi) is 1.40. The Hall–Kier alpha value is 0.110. The monoisotopic (exact) mass is 128 g/mol. The van der Waals surface area contributed by atoms with Crippen molar-refractivity contribution in [1.82, 2.24) is 0 Å². The maximum Gasteiger partial charge on any atom is 0.469 e. The lowest BCUT2D eigenvalue weighted by Crippen LogP contribution is -1.84. The summed E-state index contributed by atoms with van der Waals surface area (Å²) in [4.78, 5) is 16.0. The average molecular weight is 128 g/mol. The summed E-state index contributed by atoms with van der Waals surface area (Å²) in [5.74, 6) is 0. The first kappa shape index (κ1) is 4.04. The van der Waals surface area contributed by atoms with E-state index in [1.165, 1.54) is 0 Å². The summed E-state index contributed by atoms with van der Waals surface area (Å²) in [6.45, 7) is -1.37. The normalized spacial score (nSPS) is 18.1. The van der Waals surface area contributed by atoms with Crippen molar-refractivity contribution >= 4 is 7.82 Å². The SMILES string of the molecule is [2H]C([2H])(C)OP(=O)(O)O. The van der Waals surface area contributed by atoms with E-state index < -0.39 is 14.4 Å². The van der Waals surface area contributed by atoms with Gasteiger partial charge in [-0.1, -0.05) is 0 Å². The van der Waals surface area contributed by atoms with Crippen molar-refractivity contribution in [1.29, 1.82) is 0 Å². The molecule has 0 fully saturated rings. The van der Waals surface area contributed by atoms with Crippen LogP contribution in [0.5, 0.6) is 0 Å². The number of phosphoric ester groups is 1. The molecule has 0 radical (unpaired) electrons. The Balaban J connectivity index is 3.90. The molecule has 4 nitrogen and oxygen atoms in total. The van der Waals surface area contributed by atoms with Gasteiger partial charge >= 0.3 is 7.82 Å². The molecule has 0 bridgehead atoms. The lowest BCUT2D eigenvalue weighted by molar-refractivity contribution is 0.206. The van der Waals surface area contributed by atoms with Crippen LogP contribution in [0.15, 0.2) is 0 Å². The van der Waals surface area contributed by atoms with Crippen LogP contribution in [0, 0.1) is 0 Å². The van der Waals surface area contributed by atoms with Gasteiger partial charge in [0.15, 0.2) is 0 Å². The first-order valence-electron chi connectivity index (χ1n) is 2.47. The van der Waals surface area contributed by atoms with E-state index in [0.29, 0.717) is 0 Å². The third-order valence-electron chi connectivity index (χ3n) is 0.210. The van der Waals surface area contributed by atoms with Crippen LogP contribution in [0.2, 0.25) is 0 Å². The van der Waals surface area contributed by atoms with Gasteiger partial charge < -0.3 is 9.79 Å². The van der Waals surface area contributed by atoms with Crippen LogP contribution in [0.25, 0.3) is 0 Å². The molecule has 0 saturated heterocycles. The molecule has 0 aromatic rings. The van der Waals surface area contributed by atoms with Crippen molar-refractivity contribution in [2.24, 2.45) is 0 Å². The zero-order valence-corrected chi connectivity index (χ0v) is 4.55. The van der Waals surface area contributed by atoms with Gasteiger partial charge in [-0.05, 0) is 6.92 Å². The maximum atomic E-state index is 9.88. The second-order valence-corrected chi connectivity index (χ2v) is 1.95. The van der Waals surface area contributed by atoms with E-state index in [0.717, 1.165) is 6.92 Å². The fourth-order valence-corrected chi connectivity index (χ4v) is 0.357. The van der Waals surface area contributed by atoms with Gasteiger partial charge in [0.05, 0.1) is 9.30 Å². The summed E-state index contributed by atoms with van der Waals surface area (Å²) >= 11 is 0. The van der Waals surface area contributed by atoms with E-state index in [-0.39, 0.29) is 0 Å². The van der Waals surface area contributed by atoms with Crippen LogP contribution in [0.4, 0.5) is 0 Å². The summed E-state index contributed by atoms with van der Waals surface area (Å²) in [5, 5.41) is 0. The Morgan fingerprint density at radius 3 is 2.43 bits per heavy atom. The predicted molar refractivity (Wildman–Crippen MR) is 23.7 cm³/mol. The largest absolute Gasteiger partial charge is 0.469 e. The fraction of sp³-hybridized carbons (Fsp3) is 1.00. The quantitative estimate of drug-likeness (QED) is 0.518. The minimum absolute atomic E-state index is 0.909. The van der Waals surface area contributed by atoms with Gasteiger partial charge in [-0.15, -0.1) is 0 Å². The van der Waals surface area contributed by atoms with Crippen LogP contribution in [0.3, 0.4) is 0 Å². The molecule has 0 amide bonds. The molecule has 0 rings (SSSR count). The van der Waals surface area contributed by atoms with Crippen molar-refractivity contribution in [2.45, 2.75) is 6.92 Å². The highest BCUT2D eigenvalue weighted by molar-refractivity contribution is 7.46. The smallest absolute Gasteiger partial charge is 0.303 e. The maximum absolute atomic E-state index is 9.88. The van der Waals surface area contributed by atoms with Crippen LogP contribution in [-0.2, 0) is 9.09 Å². The molecule has 0 spiro atoms. The van der Waals surface area contributed by atoms with Gasteiger partial charge in [0, 0.05) is 0 Å². The Morgan fingerprint density at radius 2 is 2.43 bits per heavy atom. The van der Waals surface area contributed by atoms with Gasteiger partial charge in [0.2, 0.25) is 0 Å². The molecule has 2 N–H and O–H groups in total. The van der Waals surface area contributed by atoms with E-state index in [4.69, 9.17) is 12.5 Å². The van der Waals surface area contributed by atoms with Crippen LogP contribution >= 0.6 is 7.82 Å². The van der Waals surface area contributed by atoms with E-state index >= 15 is 0 Å². The van der Waals surface area contributed by atoms with Gasteiger partial charge in [-0.3, -0.25) is 4.52 Å². The second kappa shape index (κ2) is 2.43. The van der Waals surface area contributed by atoms with E-state index in [9.17, 15) is 4.57 Å². The summed E-state index contributed by atoms with van der Waals surface area (Å²) in [7, 11) is -4.66. The fourth-order valence-electron chi connectivity index (χ4n) is 0.119. The number of hydrogen-bond donors (Lipinski definition) is 2. The molecule has 7 heavy (non-hydrogen) atoms. The third kappa shape index (κ3) is 6.11. The van der Waals surface area contributed by atoms with Crippen molar-refractivity contribution < 1.29 is 21.6 Å². The summed E-state index contributed by atoms with van der Waals surface area (Å²) in [6.07, 6.45) is 0. The molecular formula is C2H7O4P. The zero-order chi connectivity index (χ0) is 7.71. The van der Waals surface area contributed by atoms with Gasteiger partial charge in [-0.25, -0.2) is 4.57 Å². The van der Waals surface area contributed by atoms with Gasteiger partial charge in [0.1, 0.15) is 0 Å². The number of hydrogen-bond acceptors (Lipinski definition) is 2. The molecule has 0 aromatic carbocycles. The zero-order valence-electron chi connectivity index (χ0n) is 5.66. The molecule has 0 heterocycles. The predicted octanol–water partition coefficient (Wildman–Crippen LogP) is 0.116. The number of phosphoric acid groups is 1. The van der Waals surface area contributed by atoms with Gasteiger partial charge in [0.25, 0.3) is 0 Å². The molecule has 0 atom stereocenters. The minimum atomic E-state index is -4.66. The molecule has 5 heteroatoms. The molecule has 0 aromatic heterocycles. The highest BCUT2D eigenvalue weighted by Crippen LogP contribution is 2.34. The molecule has 0 saturated carbocycles. The van der Waals surface area contributed by atoms with Crippen LogP contribution in [-0.4, -0.2) is 16.3 Å². The topological polar surface area (TPSA) is 66.8 Å². The Labute approximate surface area is 44.2 Å². The van der Waals surface area contributed by atoms with Crippen molar-refractivity contribution in [3.63, 3.8) is 0 Å². The molecule has 0 aliphatic heterocycles. The highest BCUT2D eigenvalue weighted by atomic mass is 31.2. The molecular weight excluding hydrogens is 119 g/mol. The van der Waals surface area contributed by atoms with Gasteiger partial charge in [-0.2, -0.15) is 0 Å². The first-order chi connectivity index (χ1) is 3.71. The van der Waals surface area contributed by atoms with E-state index in [1.54, 1.807) is 0 Å². The van der Waals surface area contributed by atoms with Crippen molar-refractivity contribution in [3.8, 4) is 0 Å². The first-order valence-corrected chi connectivity index (χ1v) is 3.00. The lowest BCUT2D eigenvalue weighted by atomic mass is 10.9. The minimum Gasteiger partial charge on any atom is -0.303 e. The van der Waals surface area contributed by atoms with Crippen LogP contribution in [0.1, 0.15) is 9.67 Å². The molecule has 0 unspecified atom stereocenters. The van der Waals surface area contributed by atoms with E-state index in [2.05, 4.69) is 4.52 Å². The Bertz CT molecular complexity index is 134. The second-order valence-electron chi connectivity index (χ2n) is 0.786.